The molecule has 2 rings (SSSR count). The van der Waals surface area contributed by atoms with Gasteiger partial charge in [-0.2, -0.15) is 0 Å². The summed E-state index contributed by atoms with van der Waals surface area (Å²) in [7, 11) is 1.75. The molecule has 53 heavy (non-hydrogen) atoms. The number of hydrogen-bond acceptors (Lipinski definition) is 9. The first-order chi connectivity index (χ1) is 25.9. The maximum atomic E-state index is 13.1. The van der Waals surface area contributed by atoms with E-state index in [1.54, 1.807) is 40.2 Å². The SMILES string of the molecule is CCCCCCCCCCCCOc1cc(/C=N/c2sc(C)c(C(=O)OCC)c2C(=O)OCC)c(OCCCCCCCCCCCC)cc1/C=N/C. The molecule has 0 saturated heterocycles. The average Bonchev–Trinajstić information content (AvgIpc) is 3.49. The molecule has 0 aliphatic heterocycles. The van der Waals surface area contributed by atoms with Crippen molar-refractivity contribution in [3.63, 3.8) is 0 Å². The third kappa shape index (κ3) is 18.1. The minimum absolute atomic E-state index is 0.129. The lowest BCUT2D eigenvalue weighted by atomic mass is 10.1. The molecule has 1 aromatic carbocycles. The highest BCUT2D eigenvalue weighted by atomic mass is 32.1. The topological polar surface area (TPSA) is 95.8 Å². The zero-order chi connectivity index (χ0) is 38.5. The number of hydrogen-bond donors (Lipinski definition) is 0. The number of ether oxygens (including phenoxy) is 4. The molecule has 0 amide bonds. The van der Waals surface area contributed by atoms with Crippen LogP contribution in [-0.2, 0) is 9.47 Å². The summed E-state index contributed by atoms with van der Waals surface area (Å²) in [5, 5.41) is 0.386. The number of benzene rings is 1. The molecular formula is C44H70N2O6S. The predicted molar refractivity (Wildman–Crippen MR) is 223 cm³/mol. The van der Waals surface area contributed by atoms with Crippen LogP contribution in [0.25, 0.3) is 0 Å². The number of carbonyl (C=O) groups excluding carboxylic acids is 2. The predicted octanol–water partition coefficient (Wildman–Crippen LogP) is 12.8. The van der Waals surface area contributed by atoms with Crippen molar-refractivity contribution in [2.45, 2.75) is 163 Å². The van der Waals surface area contributed by atoms with E-state index >= 15 is 0 Å². The second-order valence-electron chi connectivity index (χ2n) is 13.8. The van der Waals surface area contributed by atoms with Crippen molar-refractivity contribution in [1.82, 2.24) is 0 Å². The van der Waals surface area contributed by atoms with E-state index in [2.05, 4.69) is 18.8 Å². The number of rotatable bonds is 31. The second kappa shape index (κ2) is 29.2. The maximum Gasteiger partial charge on any atom is 0.342 e. The van der Waals surface area contributed by atoms with Gasteiger partial charge >= 0.3 is 11.9 Å². The first kappa shape index (κ1) is 46.0. The van der Waals surface area contributed by atoms with Gasteiger partial charge in [0.15, 0.2) is 0 Å². The molecule has 0 N–H and O–H groups in total. The van der Waals surface area contributed by atoms with E-state index in [0.717, 1.165) is 36.8 Å². The van der Waals surface area contributed by atoms with Crippen molar-refractivity contribution in [3.05, 3.63) is 39.3 Å². The van der Waals surface area contributed by atoms with Gasteiger partial charge in [0, 0.05) is 35.5 Å². The number of nitrogens with zero attached hydrogens (tertiary/aromatic N) is 2. The highest BCUT2D eigenvalue weighted by molar-refractivity contribution is 7.16. The first-order valence-corrected chi connectivity index (χ1v) is 21.6. The Morgan fingerprint density at radius 2 is 0.981 bits per heavy atom. The minimum atomic E-state index is -0.598. The van der Waals surface area contributed by atoms with E-state index in [0.29, 0.717) is 34.6 Å². The van der Waals surface area contributed by atoms with E-state index in [-0.39, 0.29) is 24.3 Å². The van der Waals surface area contributed by atoms with Crippen molar-refractivity contribution in [3.8, 4) is 11.5 Å². The van der Waals surface area contributed by atoms with Gasteiger partial charge in [0.25, 0.3) is 0 Å². The molecule has 8 nitrogen and oxygen atoms in total. The summed E-state index contributed by atoms with van der Waals surface area (Å²) in [6.07, 6.45) is 28.6. The van der Waals surface area contributed by atoms with E-state index in [4.69, 9.17) is 23.9 Å². The fourth-order valence-corrected chi connectivity index (χ4v) is 7.29. The third-order valence-electron chi connectivity index (χ3n) is 9.27. The molecule has 0 saturated carbocycles. The molecule has 0 atom stereocenters. The van der Waals surface area contributed by atoms with Crippen molar-refractivity contribution < 1.29 is 28.5 Å². The van der Waals surface area contributed by atoms with Crippen LogP contribution in [-0.4, -0.2) is 57.8 Å². The summed E-state index contributed by atoms with van der Waals surface area (Å²) < 4.78 is 23.4. The molecular weight excluding hydrogens is 685 g/mol. The van der Waals surface area contributed by atoms with Crippen molar-refractivity contribution >= 4 is 40.7 Å². The molecule has 0 bridgehead atoms. The van der Waals surface area contributed by atoms with E-state index in [1.807, 2.05) is 12.1 Å². The lowest BCUT2D eigenvalue weighted by molar-refractivity contribution is 0.0480. The summed E-state index contributed by atoms with van der Waals surface area (Å²) in [6.45, 7) is 11.3. The number of aryl methyl sites for hydroxylation is 1. The van der Waals surface area contributed by atoms with Gasteiger partial charge in [0.1, 0.15) is 22.1 Å². The Hall–Kier alpha value is -3.20. The van der Waals surface area contributed by atoms with E-state index in [1.165, 1.54) is 114 Å². The fraction of sp³-hybridized carbons (Fsp3) is 0.682. The van der Waals surface area contributed by atoms with Crippen LogP contribution < -0.4 is 9.47 Å². The van der Waals surface area contributed by atoms with E-state index < -0.39 is 11.9 Å². The molecule has 0 aliphatic carbocycles. The smallest absolute Gasteiger partial charge is 0.342 e. The molecule has 298 valence electrons. The van der Waals surface area contributed by atoms with Gasteiger partial charge in [-0.25, -0.2) is 14.6 Å². The Balaban J connectivity index is 2.23. The molecule has 0 unspecified atom stereocenters. The fourth-order valence-electron chi connectivity index (χ4n) is 6.32. The van der Waals surface area contributed by atoms with Crippen LogP contribution in [0.2, 0.25) is 0 Å². The summed E-state index contributed by atoms with van der Waals surface area (Å²) in [6, 6.07) is 3.91. The van der Waals surface area contributed by atoms with Gasteiger partial charge in [-0.1, -0.05) is 129 Å². The van der Waals surface area contributed by atoms with Crippen LogP contribution in [0.3, 0.4) is 0 Å². The summed E-state index contributed by atoms with van der Waals surface area (Å²) in [5.74, 6) is 0.221. The quantitative estimate of drug-likeness (QED) is 0.0432. The summed E-state index contributed by atoms with van der Waals surface area (Å²) in [5.41, 5.74) is 1.90. The highest BCUT2D eigenvalue weighted by Gasteiger charge is 2.28. The Labute approximate surface area is 325 Å². The van der Waals surface area contributed by atoms with Gasteiger partial charge in [0.2, 0.25) is 0 Å². The number of carbonyl (C=O) groups is 2. The Morgan fingerprint density at radius 3 is 1.40 bits per heavy atom. The number of unbranched alkanes of at least 4 members (excludes halogenated alkanes) is 18. The minimum Gasteiger partial charge on any atom is -0.493 e. The Kier molecular flexibility index (Phi) is 25.3. The highest BCUT2D eigenvalue weighted by Crippen LogP contribution is 2.37. The van der Waals surface area contributed by atoms with Crippen molar-refractivity contribution in [2.75, 3.05) is 33.5 Å². The lowest BCUT2D eigenvalue weighted by Crippen LogP contribution is -2.13. The zero-order valence-electron chi connectivity index (χ0n) is 34.0. The molecule has 1 aromatic heterocycles. The molecule has 9 heteroatoms. The van der Waals surface area contributed by atoms with Gasteiger partial charge < -0.3 is 18.9 Å². The number of esters is 2. The Bertz CT molecular complexity index is 1370. The molecule has 0 aliphatic rings. The molecule has 2 aromatic rings. The van der Waals surface area contributed by atoms with Gasteiger partial charge in [-0.15, -0.1) is 11.3 Å². The van der Waals surface area contributed by atoms with Crippen LogP contribution in [0.1, 0.15) is 193 Å². The molecule has 0 fully saturated rings. The van der Waals surface area contributed by atoms with Crippen LogP contribution in [0.15, 0.2) is 22.1 Å². The van der Waals surface area contributed by atoms with Crippen molar-refractivity contribution in [1.29, 1.82) is 0 Å². The van der Waals surface area contributed by atoms with Crippen LogP contribution >= 0.6 is 11.3 Å². The van der Waals surface area contributed by atoms with Gasteiger partial charge in [0.05, 0.1) is 32.0 Å². The summed E-state index contributed by atoms with van der Waals surface area (Å²) in [4.78, 5) is 35.7. The number of thiophene rings is 1. The van der Waals surface area contributed by atoms with Crippen LogP contribution in [0, 0.1) is 6.92 Å². The standard InChI is InChI=1S/C44H70N2O6S/c1-7-11-13-15-17-19-21-23-25-27-29-51-38-32-37(34-46-42-41(44(48)50-10-4)40(35(5)53-42)43(47)49-9-3)39(31-36(38)33-45-6)52-30-28-26-24-22-20-18-16-14-12-8-2/h31-34H,7-30H2,1-6H3/b45-33+,46-34+. The average molecular weight is 755 g/mol. The molecule has 0 spiro atoms. The van der Waals surface area contributed by atoms with Crippen molar-refractivity contribution in [2.24, 2.45) is 9.98 Å². The van der Waals surface area contributed by atoms with Crippen LogP contribution in [0.5, 0.6) is 11.5 Å². The molecule has 0 radical (unpaired) electrons. The monoisotopic (exact) mass is 754 g/mol. The largest absolute Gasteiger partial charge is 0.493 e. The van der Waals surface area contributed by atoms with Crippen LogP contribution in [0.4, 0.5) is 5.00 Å². The van der Waals surface area contributed by atoms with E-state index in [9.17, 15) is 9.59 Å². The molecule has 1 heterocycles. The first-order valence-electron chi connectivity index (χ1n) is 20.8. The maximum absolute atomic E-state index is 13.1. The normalized spacial score (nSPS) is 11.5. The van der Waals surface area contributed by atoms with Gasteiger partial charge in [-0.05, 0) is 45.7 Å². The zero-order valence-corrected chi connectivity index (χ0v) is 34.8. The lowest BCUT2D eigenvalue weighted by Gasteiger charge is -2.15. The Morgan fingerprint density at radius 1 is 0.585 bits per heavy atom. The van der Waals surface area contributed by atoms with Gasteiger partial charge in [-0.3, -0.25) is 4.99 Å². The third-order valence-corrected chi connectivity index (χ3v) is 10.3. The number of aliphatic imine (C=N–C) groups is 2. The summed E-state index contributed by atoms with van der Waals surface area (Å²) >= 11 is 1.26. The second-order valence-corrected chi connectivity index (χ2v) is 15.0.